The summed E-state index contributed by atoms with van der Waals surface area (Å²) in [6.07, 6.45) is 0. The molecule has 2 atom stereocenters. The Balaban J connectivity index is 1.73. The van der Waals surface area contributed by atoms with Gasteiger partial charge in [-0.15, -0.1) is 0 Å². The summed E-state index contributed by atoms with van der Waals surface area (Å²) in [6.45, 7) is 0.586. The summed E-state index contributed by atoms with van der Waals surface area (Å²) < 4.78 is 27.2. The van der Waals surface area contributed by atoms with Crippen molar-refractivity contribution in [2.75, 3.05) is 6.54 Å². The molecule has 20 heavy (non-hydrogen) atoms. The van der Waals surface area contributed by atoms with Crippen LogP contribution >= 0.6 is 15.9 Å². The normalized spacial score (nSPS) is 21.6. The fraction of sp³-hybridized carbons (Fsp3) is 0.200. The zero-order valence-electron chi connectivity index (χ0n) is 10.7. The number of halogens is 1. The molecule has 1 fully saturated rings. The molecule has 1 aliphatic rings. The van der Waals surface area contributed by atoms with E-state index in [0.29, 0.717) is 6.54 Å². The Morgan fingerprint density at radius 1 is 1.05 bits per heavy atom. The van der Waals surface area contributed by atoms with Crippen molar-refractivity contribution >= 4 is 26.0 Å². The summed E-state index contributed by atoms with van der Waals surface area (Å²) in [6, 6.07) is 17.2. The van der Waals surface area contributed by atoms with Crippen molar-refractivity contribution in [1.82, 2.24) is 4.31 Å². The number of hydrogen-bond acceptors (Lipinski definition) is 2. The van der Waals surface area contributed by atoms with Crippen LogP contribution in [0.4, 0.5) is 0 Å². The monoisotopic (exact) mass is 351 g/mol. The van der Waals surface area contributed by atoms with Gasteiger partial charge in [-0.25, -0.2) is 8.42 Å². The third-order valence-electron chi connectivity index (χ3n) is 3.37. The van der Waals surface area contributed by atoms with Crippen LogP contribution in [-0.2, 0) is 15.8 Å². The zero-order valence-corrected chi connectivity index (χ0v) is 13.1. The summed E-state index contributed by atoms with van der Waals surface area (Å²) >= 11 is 3.35. The predicted octanol–water partition coefficient (Wildman–Crippen LogP) is 3.34. The Bertz CT molecular complexity index is 698. The van der Waals surface area contributed by atoms with Crippen molar-refractivity contribution < 1.29 is 8.42 Å². The fourth-order valence-corrected chi connectivity index (χ4v) is 4.17. The summed E-state index contributed by atoms with van der Waals surface area (Å²) in [7, 11) is -3.23. The molecule has 5 heteroatoms. The summed E-state index contributed by atoms with van der Waals surface area (Å²) in [5.74, 6) is 0.0591. The van der Waals surface area contributed by atoms with E-state index in [4.69, 9.17) is 0 Å². The second-order valence-electron chi connectivity index (χ2n) is 4.88. The van der Waals surface area contributed by atoms with E-state index in [1.807, 2.05) is 54.6 Å². The second kappa shape index (κ2) is 5.31. The van der Waals surface area contributed by atoms with Crippen molar-refractivity contribution in [1.29, 1.82) is 0 Å². The SMILES string of the molecule is O=S(=O)(Cc1ccc(Br)cc1)N1C[C@@H]1c1ccccc1. The van der Waals surface area contributed by atoms with E-state index in [9.17, 15) is 8.42 Å². The fourth-order valence-electron chi connectivity index (χ4n) is 2.25. The van der Waals surface area contributed by atoms with Crippen LogP contribution in [0.2, 0.25) is 0 Å². The number of sulfonamides is 1. The van der Waals surface area contributed by atoms with Crippen molar-refractivity contribution in [3.05, 3.63) is 70.2 Å². The molecule has 1 heterocycles. The Kier molecular flexibility index (Phi) is 3.67. The molecule has 0 N–H and O–H groups in total. The first kappa shape index (κ1) is 13.8. The number of rotatable bonds is 4. The van der Waals surface area contributed by atoms with Gasteiger partial charge in [-0.05, 0) is 23.3 Å². The Labute approximate surface area is 127 Å². The Hall–Kier alpha value is -1.17. The summed E-state index contributed by atoms with van der Waals surface area (Å²) in [5.41, 5.74) is 1.87. The topological polar surface area (TPSA) is 37.1 Å². The smallest absolute Gasteiger partial charge is 0.212 e. The van der Waals surface area contributed by atoms with Gasteiger partial charge in [0.25, 0.3) is 0 Å². The molecule has 2 aromatic rings. The van der Waals surface area contributed by atoms with Crippen LogP contribution in [-0.4, -0.2) is 19.3 Å². The van der Waals surface area contributed by atoms with E-state index < -0.39 is 10.0 Å². The minimum absolute atomic E-state index is 0.0108. The molecule has 3 nitrogen and oxygen atoms in total. The highest BCUT2D eigenvalue weighted by molar-refractivity contribution is 9.10. The van der Waals surface area contributed by atoms with Crippen LogP contribution in [0.5, 0.6) is 0 Å². The Morgan fingerprint density at radius 2 is 1.70 bits per heavy atom. The molecule has 0 saturated carbocycles. The van der Waals surface area contributed by atoms with Crippen LogP contribution in [0, 0.1) is 0 Å². The first-order chi connectivity index (χ1) is 9.56. The predicted molar refractivity (Wildman–Crippen MR) is 82.7 cm³/mol. The van der Waals surface area contributed by atoms with Gasteiger partial charge >= 0.3 is 0 Å². The van der Waals surface area contributed by atoms with Crippen LogP contribution in [0.3, 0.4) is 0 Å². The van der Waals surface area contributed by atoms with Gasteiger partial charge in [0.2, 0.25) is 10.0 Å². The quantitative estimate of drug-likeness (QED) is 0.792. The van der Waals surface area contributed by atoms with Crippen LogP contribution in [0.1, 0.15) is 17.2 Å². The van der Waals surface area contributed by atoms with Gasteiger partial charge in [-0.1, -0.05) is 58.4 Å². The van der Waals surface area contributed by atoms with Crippen LogP contribution < -0.4 is 0 Å². The number of benzene rings is 2. The summed E-state index contributed by atoms with van der Waals surface area (Å²) in [4.78, 5) is 0. The van der Waals surface area contributed by atoms with Crippen molar-refractivity contribution in [2.45, 2.75) is 11.8 Å². The number of nitrogens with zero attached hydrogens (tertiary/aromatic N) is 1. The molecule has 1 saturated heterocycles. The highest BCUT2D eigenvalue weighted by atomic mass is 79.9. The van der Waals surface area contributed by atoms with E-state index in [-0.39, 0.29) is 11.8 Å². The van der Waals surface area contributed by atoms with Gasteiger partial charge in [0.1, 0.15) is 0 Å². The molecule has 3 rings (SSSR count). The van der Waals surface area contributed by atoms with Gasteiger partial charge < -0.3 is 0 Å². The minimum Gasteiger partial charge on any atom is -0.212 e. The Morgan fingerprint density at radius 3 is 2.35 bits per heavy atom. The van der Waals surface area contributed by atoms with Crippen molar-refractivity contribution in [3.63, 3.8) is 0 Å². The van der Waals surface area contributed by atoms with Crippen LogP contribution in [0.25, 0.3) is 0 Å². The molecule has 1 unspecified atom stereocenters. The number of hydrogen-bond donors (Lipinski definition) is 0. The third kappa shape index (κ3) is 2.95. The summed E-state index contributed by atoms with van der Waals surface area (Å²) in [5, 5.41) is 0. The standard InChI is InChI=1S/C15H14BrNO2S/c16-14-8-6-12(7-9-14)11-20(18,19)17-10-15(17)13-4-2-1-3-5-13/h1-9,15H,10-11H2/t15-,17?/m1/s1. The average Bonchev–Trinajstić information content (AvgIpc) is 3.23. The third-order valence-corrected chi connectivity index (χ3v) is 5.72. The zero-order chi connectivity index (χ0) is 14.2. The molecule has 0 radical (unpaired) electrons. The highest BCUT2D eigenvalue weighted by Crippen LogP contribution is 2.38. The maximum Gasteiger partial charge on any atom is 0.218 e. The first-order valence-corrected chi connectivity index (χ1v) is 8.75. The molecule has 0 amide bonds. The average molecular weight is 352 g/mol. The van der Waals surface area contributed by atoms with E-state index >= 15 is 0 Å². The molecule has 2 aromatic carbocycles. The lowest BCUT2D eigenvalue weighted by Crippen LogP contribution is -2.14. The first-order valence-electron chi connectivity index (χ1n) is 6.35. The van der Waals surface area contributed by atoms with E-state index in [1.165, 1.54) is 0 Å². The van der Waals surface area contributed by atoms with E-state index in [0.717, 1.165) is 15.6 Å². The van der Waals surface area contributed by atoms with Crippen molar-refractivity contribution in [3.8, 4) is 0 Å². The highest BCUT2D eigenvalue weighted by Gasteiger charge is 2.44. The maximum atomic E-state index is 12.3. The molecule has 1 aliphatic heterocycles. The van der Waals surface area contributed by atoms with Crippen LogP contribution in [0.15, 0.2) is 59.1 Å². The van der Waals surface area contributed by atoms with Gasteiger partial charge in [0.05, 0.1) is 11.8 Å². The van der Waals surface area contributed by atoms with E-state index in [2.05, 4.69) is 15.9 Å². The van der Waals surface area contributed by atoms with E-state index in [1.54, 1.807) is 4.31 Å². The molecular formula is C15H14BrNO2S. The molecule has 0 bridgehead atoms. The van der Waals surface area contributed by atoms with Crippen molar-refractivity contribution in [2.24, 2.45) is 0 Å². The van der Waals surface area contributed by atoms with Gasteiger partial charge in [-0.2, -0.15) is 4.31 Å². The minimum atomic E-state index is -3.23. The largest absolute Gasteiger partial charge is 0.218 e. The molecule has 0 aromatic heterocycles. The van der Waals surface area contributed by atoms with Gasteiger partial charge in [0.15, 0.2) is 0 Å². The molecule has 104 valence electrons. The van der Waals surface area contributed by atoms with Gasteiger partial charge in [0, 0.05) is 11.0 Å². The lowest BCUT2D eigenvalue weighted by molar-refractivity contribution is 0.553. The lowest BCUT2D eigenvalue weighted by Gasteiger charge is -2.07. The molecule has 0 spiro atoms. The molecular weight excluding hydrogens is 338 g/mol. The van der Waals surface area contributed by atoms with Gasteiger partial charge in [-0.3, -0.25) is 0 Å². The molecule has 0 aliphatic carbocycles. The lowest BCUT2D eigenvalue weighted by atomic mass is 10.2. The maximum absolute atomic E-state index is 12.3. The second-order valence-corrected chi connectivity index (χ2v) is 7.72.